The molecule has 1 nitrogen and oxygen atoms in total. The van der Waals surface area contributed by atoms with Gasteiger partial charge < -0.3 is 5.11 Å². The second-order valence-corrected chi connectivity index (χ2v) is 7.32. The molecule has 0 aliphatic heterocycles. The van der Waals surface area contributed by atoms with E-state index in [1.54, 1.807) is 6.07 Å². The Labute approximate surface area is 137 Å². The van der Waals surface area contributed by atoms with Crippen molar-refractivity contribution in [1.82, 2.24) is 0 Å². The monoisotopic (exact) mass is 320 g/mol. The first-order valence-electron chi connectivity index (χ1n) is 8.89. The Morgan fingerprint density at radius 2 is 1.43 bits per heavy atom. The third-order valence-corrected chi connectivity index (χ3v) is 6.12. The molecule has 3 heteroatoms. The summed E-state index contributed by atoms with van der Waals surface area (Å²) in [5.74, 6) is -0.246. The second-order valence-electron chi connectivity index (χ2n) is 7.32. The van der Waals surface area contributed by atoms with Crippen LogP contribution < -0.4 is 0 Å². The molecule has 0 bridgehead atoms. The lowest BCUT2D eigenvalue weighted by molar-refractivity contribution is 0.170. The molecule has 0 amide bonds. The molecule has 1 aromatic carbocycles. The standard InChI is InChI=1S/C20H26F2O/c1-2-13-3-5-14(6-4-13)15-7-9-16(10-8-15)17-11-12-18(23)20(22)19(17)21/h2,11-16,23H,1,3-10H2. The summed E-state index contributed by atoms with van der Waals surface area (Å²) >= 11 is 0. The highest BCUT2D eigenvalue weighted by Crippen LogP contribution is 2.44. The zero-order valence-corrected chi connectivity index (χ0v) is 13.6. The van der Waals surface area contributed by atoms with Gasteiger partial charge in [-0.3, -0.25) is 0 Å². The van der Waals surface area contributed by atoms with Crippen LogP contribution >= 0.6 is 0 Å². The van der Waals surface area contributed by atoms with Crippen LogP contribution in [0.4, 0.5) is 8.78 Å². The highest BCUT2D eigenvalue weighted by Gasteiger charge is 2.32. The fourth-order valence-corrected chi connectivity index (χ4v) is 4.62. The molecule has 0 unspecified atom stereocenters. The van der Waals surface area contributed by atoms with Gasteiger partial charge in [-0.05, 0) is 86.7 Å². The maximum absolute atomic E-state index is 14.0. The maximum Gasteiger partial charge on any atom is 0.200 e. The summed E-state index contributed by atoms with van der Waals surface area (Å²) in [5, 5.41) is 9.25. The van der Waals surface area contributed by atoms with Crippen molar-refractivity contribution < 1.29 is 13.9 Å². The third-order valence-electron chi connectivity index (χ3n) is 6.12. The van der Waals surface area contributed by atoms with Gasteiger partial charge in [0.25, 0.3) is 0 Å². The average molecular weight is 320 g/mol. The first kappa shape index (κ1) is 16.5. The van der Waals surface area contributed by atoms with Crippen LogP contribution in [0.15, 0.2) is 24.8 Å². The van der Waals surface area contributed by atoms with Crippen molar-refractivity contribution in [3.05, 3.63) is 42.0 Å². The molecule has 0 atom stereocenters. The van der Waals surface area contributed by atoms with Gasteiger partial charge in [0.2, 0.25) is 5.82 Å². The lowest BCUT2D eigenvalue weighted by Crippen LogP contribution is -2.25. The molecule has 2 aliphatic carbocycles. The highest BCUT2D eigenvalue weighted by molar-refractivity contribution is 5.32. The Kier molecular flexibility index (Phi) is 5.03. The van der Waals surface area contributed by atoms with Crippen molar-refractivity contribution in [2.45, 2.75) is 57.3 Å². The minimum Gasteiger partial charge on any atom is -0.505 e. The molecule has 3 rings (SSSR count). The largest absolute Gasteiger partial charge is 0.505 e. The Balaban J connectivity index is 1.59. The molecular weight excluding hydrogens is 294 g/mol. The van der Waals surface area contributed by atoms with Crippen LogP contribution in [0.25, 0.3) is 0 Å². The quantitative estimate of drug-likeness (QED) is 0.684. The number of hydrogen-bond acceptors (Lipinski definition) is 1. The topological polar surface area (TPSA) is 20.2 Å². The second kappa shape index (κ2) is 7.02. The number of phenols is 1. The molecular formula is C20H26F2O. The zero-order chi connectivity index (χ0) is 16.4. The number of hydrogen-bond donors (Lipinski definition) is 1. The third kappa shape index (κ3) is 3.44. The Hall–Kier alpha value is -1.38. The highest BCUT2D eigenvalue weighted by atomic mass is 19.2. The molecule has 2 aliphatic rings. The summed E-state index contributed by atoms with van der Waals surface area (Å²) < 4.78 is 27.6. The summed E-state index contributed by atoms with van der Waals surface area (Å²) in [6, 6.07) is 2.82. The van der Waals surface area contributed by atoms with Gasteiger partial charge in [0.1, 0.15) is 0 Å². The Morgan fingerprint density at radius 1 is 0.870 bits per heavy atom. The van der Waals surface area contributed by atoms with Crippen molar-refractivity contribution in [3.8, 4) is 5.75 Å². The van der Waals surface area contributed by atoms with Crippen LogP contribution in [0.1, 0.15) is 62.8 Å². The van der Waals surface area contributed by atoms with E-state index in [1.165, 1.54) is 31.7 Å². The minimum absolute atomic E-state index is 0.0888. The van der Waals surface area contributed by atoms with E-state index in [-0.39, 0.29) is 5.92 Å². The van der Waals surface area contributed by atoms with E-state index in [1.807, 2.05) is 0 Å². The van der Waals surface area contributed by atoms with Crippen molar-refractivity contribution in [2.24, 2.45) is 17.8 Å². The molecule has 0 saturated heterocycles. The van der Waals surface area contributed by atoms with Gasteiger partial charge in [-0.1, -0.05) is 12.1 Å². The van der Waals surface area contributed by atoms with E-state index >= 15 is 0 Å². The van der Waals surface area contributed by atoms with E-state index in [2.05, 4.69) is 12.7 Å². The van der Waals surface area contributed by atoms with Crippen molar-refractivity contribution in [1.29, 1.82) is 0 Å². The smallest absolute Gasteiger partial charge is 0.200 e. The van der Waals surface area contributed by atoms with Gasteiger partial charge in [-0.2, -0.15) is 4.39 Å². The van der Waals surface area contributed by atoms with Crippen molar-refractivity contribution >= 4 is 0 Å². The van der Waals surface area contributed by atoms with Crippen LogP contribution in [-0.2, 0) is 0 Å². The number of allylic oxidation sites excluding steroid dienone is 1. The van der Waals surface area contributed by atoms with Crippen molar-refractivity contribution in [3.63, 3.8) is 0 Å². The molecule has 126 valence electrons. The van der Waals surface area contributed by atoms with E-state index < -0.39 is 17.4 Å². The normalized spacial score (nSPS) is 31.7. The summed E-state index contributed by atoms with van der Waals surface area (Å²) in [7, 11) is 0. The first-order valence-corrected chi connectivity index (χ1v) is 8.89. The van der Waals surface area contributed by atoms with Crippen LogP contribution in [0, 0.1) is 29.4 Å². The van der Waals surface area contributed by atoms with Gasteiger partial charge in [0.15, 0.2) is 11.6 Å². The van der Waals surface area contributed by atoms with Crippen molar-refractivity contribution in [2.75, 3.05) is 0 Å². The number of aromatic hydroxyl groups is 1. The minimum atomic E-state index is -1.10. The maximum atomic E-state index is 14.0. The molecule has 23 heavy (non-hydrogen) atoms. The van der Waals surface area contributed by atoms with Crippen LogP contribution in [0.3, 0.4) is 0 Å². The summed E-state index contributed by atoms with van der Waals surface area (Å²) in [6.07, 6.45) is 11.2. The molecule has 0 spiro atoms. The van der Waals surface area contributed by atoms with Crippen LogP contribution in [0.2, 0.25) is 0 Å². The average Bonchev–Trinajstić information content (AvgIpc) is 2.60. The van der Waals surface area contributed by atoms with E-state index in [0.29, 0.717) is 11.5 Å². The van der Waals surface area contributed by atoms with Gasteiger partial charge in [-0.25, -0.2) is 4.39 Å². The summed E-state index contributed by atoms with van der Waals surface area (Å²) in [5.41, 5.74) is 0.439. The lowest BCUT2D eigenvalue weighted by atomic mass is 9.68. The van der Waals surface area contributed by atoms with E-state index in [9.17, 15) is 13.9 Å². The predicted molar refractivity (Wildman–Crippen MR) is 88.4 cm³/mol. The Bertz CT molecular complexity index is 553. The van der Waals surface area contributed by atoms with Gasteiger partial charge in [0, 0.05) is 0 Å². The lowest BCUT2D eigenvalue weighted by Gasteiger charge is -2.37. The first-order chi connectivity index (χ1) is 11.1. The van der Waals surface area contributed by atoms with Gasteiger partial charge >= 0.3 is 0 Å². The fourth-order valence-electron chi connectivity index (χ4n) is 4.62. The van der Waals surface area contributed by atoms with Crippen LogP contribution in [0.5, 0.6) is 5.75 Å². The van der Waals surface area contributed by atoms with E-state index in [0.717, 1.165) is 37.5 Å². The summed E-state index contributed by atoms with van der Waals surface area (Å²) in [6.45, 7) is 3.90. The number of rotatable bonds is 3. The van der Waals surface area contributed by atoms with E-state index in [4.69, 9.17) is 0 Å². The summed E-state index contributed by atoms with van der Waals surface area (Å²) in [4.78, 5) is 0. The molecule has 0 aromatic heterocycles. The number of halogens is 2. The molecule has 1 aromatic rings. The predicted octanol–water partition coefficient (Wildman–Crippen LogP) is 5.94. The Morgan fingerprint density at radius 3 is 2.00 bits per heavy atom. The molecule has 2 saturated carbocycles. The zero-order valence-electron chi connectivity index (χ0n) is 13.6. The molecule has 1 N–H and O–H groups in total. The molecule has 0 radical (unpaired) electrons. The van der Waals surface area contributed by atoms with Crippen LogP contribution in [-0.4, -0.2) is 5.11 Å². The van der Waals surface area contributed by atoms with Gasteiger partial charge in [0.05, 0.1) is 0 Å². The number of benzene rings is 1. The molecule has 0 heterocycles. The fraction of sp³-hybridized carbons (Fsp3) is 0.600. The number of phenolic OH excluding ortho intramolecular Hbond substituents is 1. The SMILES string of the molecule is C=CC1CCC(C2CCC(c3ccc(O)c(F)c3F)CC2)CC1. The molecule has 2 fully saturated rings. The van der Waals surface area contributed by atoms with Gasteiger partial charge in [-0.15, -0.1) is 6.58 Å².